The fraction of sp³-hybridized carbons (Fsp3) is 0.750. The molecule has 3 nitrogen and oxygen atoms in total. The number of unbranched alkanes of at least 4 members (excludes halogenated alkanes) is 1. The number of hydrogen-bond donors (Lipinski definition) is 0. The van der Waals surface area contributed by atoms with Crippen LogP contribution in [0.15, 0.2) is 24.3 Å². The van der Waals surface area contributed by atoms with Gasteiger partial charge < -0.3 is 4.74 Å². The van der Waals surface area contributed by atoms with Crippen molar-refractivity contribution in [2.45, 2.75) is 70.5 Å². The highest BCUT2D eigenvalue weighted by Crippen LogP contribution is 2.43. The number of nitrogens with zero attached hydrogens (tertiary/aromatic N) is 2. The molecule has 0 N–H and O–H groups in total. The molecule has 3 saturated heterocycles. The number of rotatable bonds is 8. The average molecular weight is 405 g/mol. The molecule has 1 aromatic carbocycles. The molecular weight excluding hydrogens is 368 g/mol. The lowest BCUT2D eigenvalue weighted by atomic mass is 9.69. The number of halogens is 1. The second kappa shape index (κ2) is 9.93. The van der Waals surface area contributed by atoms with Gasteiger partial charge in [-0.3, -0.25) is 9.80 Å². The molecule has 3 heterocycles. The number of ether oxygens (including phenoxy) is 1. The molecule has 3 aliphatic heterocycles. The number of benzene rings is 1. The summed E-state index contributed by atoms with van der Waals surface area (Å²) in [6.07, 6.45) is 9.43. The Morgan fingerprint density at radius 1 is 1.07 bits per heavy atom. The highest BCUT2D eigenvalue weighted by atomic mass is 35.5. The maximum Gasteiger partial charge on any atom is 0.0465 e. The molecule has 0 unspecified atom stereocenters. The Labute approximate surface area is 176 Å². The van der Waals surface area contributed by atoms with E-state index in [9.17, 15) is 0 Å². The Balaban J connectivity index is 1.48. The van der Waals surface area contributed by atoms with E-state index in [1.165, 1.54) is 70.1 Å². The van der Waals surface area contributed by atoms with Crippen LogP contribution in [0.25, 0.3) is 0 Å². The first kappa shape index (κ1) is 20.7. The van der Waals surface area contributed by atoms with Crippen LogP contribution in [0.5, 0.6) is 0 Å². The molecule has 0 bridgehead atoms. The van der Waals surface area contributed by atoms with E-state index in [1.54, 1.807) is 0 Å². The molecule has 156 valence electrons. The summed E-state index contributed by atoms with van der Waals surface area (Å²) in [7, 11) is 0. The number of hydrogen-bond acceptors (Lipinski definition) is 3. The third-order valence-electron chi connectivity index (χ3n) is 7.32. The third-order valence-corrected chi connectivity index (χ3v) is 7.57. The summed E-state index contributed by atoms with van der Waals surface area (Å²) in [5.74, 6) is 1.72. The Morgan fingerprint density at radius 2 is 1.86 bits per heavy atom. The lowest BCUT2D eigenvalue weighted by molar-refractivity contribution is -0.0813. The second-order valence-corrected chi connectivity index (χ2v) is 9.49. The third kappa shape index (κ3) is 4.75. The molecule has 28 heavy (non-hydrogen) atoms. The van der Waals surface area contributed by atoms with Crippen LogP contribution in [0.2, 0.25) is 5.02 Å². The van der Waals surface area contributed by atoms with Gasteiger partial charge in [-0.25, -0.2) is 0 Å². The summed E-state index contributed by atoms with van der Waals surface area (Å²) in [6.45, 7) is 8.88. The zero-order valence-corrected chi connectivity index (χ0v) is 18.2. The van der Waals surface area contributed by atoms with E-state index in [0.717, 1.165) is 48.7 Å². The van der Waals surface area contributed by atoms with Crippen LogP contribution in [0.1, 0.15) is 57.4 Å². The van der Waals surface area contributed by atoms with E-state index in [-0.39, 0.29) is 0 Å². The van der Waals surface area contributed by atoms with Gasteiger partial charge in [0.2, 0.25) is 0 Å². The van der Waals surface area contributed by atoms with Crippen molar-refractivity contribution in [3.63, 3.8) is 0 Å². The van der Waals surface area contributed by atoms with Gasteiger partial charge in [-0.05, 0) is 94.5 Å². The van der Waals surface area contributed by atoms with Crippen molar-refractivity contribution in [3.05, 3.63) is 34.9 Å². The minimum atomic E-state index is 0.722. The van der Waals surface area contributed by atoms with Crippen molar-refractivity contribution in [2.24, 2.45) is 11.8 Å². The molecule has 4 heteroatoms. The van der Waals surface area contributed by atoms with Crippen LogP contribution >= 0.6 is 11.6 Å². The van der Waals surface area contributed by atoms with E-state index in [0.29, 0.717) is 0 Å². The maximum absolute atomic E-state index is 6.12. The average Bonchev–Trinajstić information content (AvgIpc) is 2.71. The van der Waals surface area contributed by atoms with Crippen molar-refractivity contribution in [2.75, 3.05) is 32.8 Å². The fourth-order valence-corrected chi connectivity index (χ4v) is 6.31. The largest absolute Gasteiger partial charge is 0.382 e. The molecule has 3 fully saturated rings. The summed E-state index contributed by atoms with van der Waals surface area (Å²) >= 11 is 6.12. The molecule has 0 radical (unpaired) electrons. The second-order valence-electron chi connectivity index (χ2n) is 9.05. The summed E-state index contributed by atoms with van der Waals surface area (Å²) in [4.78, 5) is 5.69. The first-order valence-electron chi connectivity index (χ1n) is 11.6. The van der Waals surface area contributed by atoms with Crippen LogP contribution in [-0.4, -0.2) is 54.7 Å². The summed E-state index contributed by atoms with van der Waals surface area (Å²) in [5, 5.41) is 0.838. The van der Waals surface area contributed by atoms with Gasteiger partial charge in [0.05, 0.1) is 0 Å². The van der Waals surface area contributed by atoms with Gasteiger partial charge in [-0.15, -0.1) is 0 Å². The highest BCUT2D eigenvalue weighted by Gasteiger charge is 2.48. The summed E-state index contributed by atoms with van der Waals surface area (Å²) in [5.41, 5.74) is 1.41. The molecule has 0 amide bonds. The predicted molar refractivity (Wildman–Crippen MR) is 117 cm³/mol. The van der Waals surface area contributed by atoms with Gasteiger partial charge in [-0.1, -0.05) is 23.7 Å². The van der Waals surface area contributed by atoms with Crippen LogP contribution < -0.4 is 0 Å². The van der Waals surface area contributed by atoms with Gasteiger partial charge in [0.25, 0.3) is 0 Å². The van der Waals surface area contributed by atoms with Crippen molar-refractivity contribution < 1.29 is 4.74 Å². The zero-order chi connectivity index (χ0) is 19.3. The smallest absolute Gasteiger partial charge is 0.0465 e. The maximum atomic E-state index is 6.12. The SMILES string of the molecule is CCOCCCC[C@@H]1[C@H]2CCCN3CCC[C@H](CN1Cc1ccc(Cl)cc1)[C@@H]23. The van der Waals surface area contributed by atoms with Crippen LogP contribution in [0.3, 0.4) is 0 Å². The molecule has 0 aromatic heterocycles. The van der Waals surface area contributed by atoms with E-state index in [2.05, 4.69) is 28.9 Å². The Hall–Kier alpha value is -0.610. The molecule has 3 aliphatic rings. The lowest BCUT2D eigenvalue weighted by Gasteiger charge is -2.57. The molecule has 0 spiro atoms. The van der Waals surface area contributed by atoms with Gasteiger partial charge in [0.15, 0.2) is 0 Å². The first-order chi connectivity index (χ1) is 13.8. The van der Waals surface area contributed by atoms with Gasteiger partial charge in [-0.2, -0.15) is 0 Å². The van der Waals surface area contributed by atoms with Crippen LogP contribution in [-0.2, 0) is 11.3 Å². The molecule has 4 rings (SSSR count). The molecule has 1 aromatic rings. The lowest BCUT2D eigenvalue weighted by Crippen LogP contribution is -2.64. The van der Waals surface area contributed by atoms with E-state index >= 15 is 0 Å². The van der Waals surface area contributed by atoms with E-state index in [1.807, 2.05) is 12.1 Å². The van der Waals surface area contributed by atoms with Gasteiger partial charge in [0.1, 0.15) is 0 Å². The van der Waals surface area contributed by atoms with Gasteiger partial charge in [0, 0.05) is 43.4 Å². The molecule has 0 aliphatic carbocycles. The van der Waals surface area contributed by atoms with Crippen LogP contribution in [0.4, 0.5) is 0 Å². The normalized spacial score (nSPS) is 30.9. The van der Waals surface area contributed by atoms with E-state index < -0.39 is 0 Å². The van der Waals surface area contributed by atoms with Crippen molar-refractivity contribution in [1.29, 1.82) is 0 Å². The standard InChI is InChI=1S/C24H37ClN2O/c1-2-28-16-4-3-9-23-22-8-6-15-26-14-5-7-20(24(22)26)18-27(23)17-19-10-12-21(25)13-11-19/h10-13,20,22-24H,2-9,14-18H2,1H3/t20-,22-,23-,24+/m1/s1. The van der Waals surface area contributed by atoms with Crippen molar-refractivity contribution in [3.8, 4) is 0 Å². The van der Waals surface area contributed by atoms with E-state index in [4.69, 9.17) is 16.3 Å². The van der Waals surface area contributed by atoms with Gasteiger partial charge >= 0.3 is 0 Å². The molecule has 0 saturated carbocycles. The quantitative estimate of drug-likeness (QED) is 0.552. The first-order valence-corrected chi connectivity index (χ1v) is 11.9. The van der Waals surface area contributed by atoms with Crippen molar-refractivity contribution in [1.82, 2.24) is 9.80 Å². The number of likely N-dealkylation sites (tertiary alicyclic amines) is 1. The Morgan fingerprint density at radius 3 is 2.64 bits per heavy atom. The monoisotopic (exact) mass is 404 g/mol. The number of piperidine rings is 3. The van der Waals surface area contributed by atoms with Crippen LogP contribution in [0, 0.1) is 11.8 Å². The highest BCUT2D eigenvalue weighted by molar-refractivity contribution is 6.30. The summed E-state index contributed by atoms with van der Waals surface area (Å²) < 4.78 is 5.59. The molecule has 4 atom stereocenters. The molecular formula is C24H37ClN2O. The summed E-state index contributed by atoms with van der Waals surface area (Å²) in [6, 6.07) is 10.1. The topological polar surface area (TPSA) is 15.7 Å². The zero-order valence-electron chi connectivity index (χ0n) is 17.5. The minimum Gasteiger partial charge on any atom is -0.382 e. The minimum absolute atomic E-state index is 0.722. The fourth-order valence-electron chi connectivity index (χ4n) is 6.19. The Kier molecular flexibility index (Phi) is 7.33. The van der Waals surface area contributed by atoms with Crippen molar-refractivity contribution >= 4 is 11.6 Å². The Bertz CT molecular complexity index is 605. The predicted octanol–water partition coefficient (Wildman–Crippen LogP) is 5.22.